The average Bonchev–Trinajstić information content (AvgIpc) is 3.08. The number of ether oxygens (including phenoxy) is 1. The Bertz CT molecular complexity index is 687. The highest BCUT2D eigenvalue weighted by Gasteiger charge is 2.26. The number of carbonyl (C=O) groups is 1. The van der Waals surface area contributed by atoms with Crippen molar-refractivity contribution in [2.24, 2.45) is 0 Å². The van der Waals surface area contributed by atoms with E-state index in [2.05, 4.69) is 5.32 Å². The topological polar surface area (TPSA) is 71.7 Å². The van der Waals surface area contributed by atoms with Gasteiger partial charge in [-0.05, 0) is 37.6 Å². The maximum Gasteiger partial charge on any atom is 0.244 e. The standard InChI is InChI=1S/C18H21NO4/c1-13(14-7-4-5-8-15(14)22-3)11-17(20)19-12-18(2,21)16-9-6-10-23-16/h4-11,21H,12H2,1-3H3,(H,19,20)/b13-11+. The van der Waals surface area contributed by atoms with Crippen LogP contribution in [-0.4, -0.2) is 24.7 Å². The molecule has 0 spiro atoms. The maximum atomic E-state index is 12.1. The first kappa shape index (κ1) is 16.8. The van der Waals surface area contributed by atoms with Crippen molar-refractivity contribution in [2.45, 2.75) is 19.4 Å². The minimum Gasteiger partial charge on any atom is -0.496 e. The number of methoxy groups -OCH3 is 1. The van der Waals surface area contributed by atoms with Gasteiger partial charge in [-0.15, -0.1) is 0 Å². The zero-order chi connectivity index (χ0) is 16.9. The van der Waals surface area contributed by atoms with Gasteiger partial charge in [0.1, 0.15) is 17.1 Å². The van der Waals surface area contributed by atoms with Crippen LogP contribution in [0.2, 0.25) is 0 Å². The quantitative estimate of drug-likeness (QED) is 0.804. The van der Waals surface area contributed by atoms with Gasteiger partial charge in [-0.2, -0.15) is 0 Å². The molecule has 2 rings (SSSR count). The molecule has 1 aromatic carbocycles. The summed E-state index contributed by atoms with van der Waals surface area (Å²) in [6, 6.07) is 10.8. The van der Waals surface area contributed by atoms with Crippen LogP contribution in [-0.2, 0) is 10.4 Å². The molecule has 0 aliphatic rings. The van der Waals surface area contributed by atoms with Crippen LogP contribution < -0.4 is 10.1 Å². The van der Waals surface area contributed by atoms with Gasteiger partial charge in [0.05, 0.1) is 19.9 Å². The first-order valence-electron chi connectivity index (χ1n) is 7.30. The van der Waals surface area contributed by atoms with E-state index in [-0.39, 0.29) is 12.5 Å². The largest absolute Gasteiger partial charge is 0.496 e. The maximum absolute atomic E-state index is 12.1. The number of nitrogens with one attached hydrogen (secondary N) is 1. The molecule has 1 aromatic heterocycles. The van der Waals surface area contributed by atoms with Crippen molar-refractivity contribution in [3.05, 3.63) is 60.1 Å². The highest BCUT2D eigenvalue weighted by molar-refractivity contribution is 5.95. The van der Waals surface area contributed by atoms with Crippen molar-refractivity contribution in [1.82, 2.24) is 5.32 Å². The van der Waals surface area contributed by atoms with Crippen LogP contribution in [0.25, 0.3) is 5.57 Å². The number of para-hydroxylation sites is 1. The molecular weight excluding hydrogens is 294 g/mol. The lowest BCUT2D eigenvalue weighted by Gasteiger charge is -2.20. The van der Waals surface area contributed by atoms with E-state index < -0.39 is 5.60 Å². The van der Waals surface area contributed by atoms with Crippen LogP contribution >= 0.6 is 0 Å². The van der Waals surface area contributed by atoms with E-state index >= 15 is 0 Å². The number of carbonyl (C=O) groups excluding carboxylic acids is 1. The van der Waals surface area contributed by atoms with E-state index in [0.717, 1.165) is 11.1 Å². The molecule has 2 aromatic rings. The lowest BCUT2D eigenvalue weighted by Crippen LogP contribution is -2.37. The van der Waals surface area contributed by atoms with E-state index in [1.54, 1.807) is 26.2 Å². The average molecular weight is 315 g/mol. The fraction of sp³-hybridized carbons (Fsp3) is 0.278. The molecule has 2 N–H and O–H groups in total. The first-order chi connectivity index (χ1) is 10.9. The molecule has 0 radical (unpaired) electrons. The molecular formula is C18H21NO4. The molecule has 23 heavy (non-hydrogen) atoms. The Morgan fingerprint density at radius 1 is 1.35 bits per heavy atom. The lowest BCUT2D eigenvalue weighted by molar-refractivity contribution is -0.117. The number of furan rings is 1. The Morgan fingerprint density at radius 2 is 2.09 bits per heavy atom. The Hall–Kier alpha value is -2.53. The Balaban J connectivity index is 2.04. The lowest BCUT2D eigenvalue weighted by atomic mass is 10.0. The van der Waals surface area contributed by atoms with Crippen LogP contribution in [0.1, 0.15) is 25.2 Å². The molecule has 1 heterocycles. The molecule has 0 saturated carbocycles. The summed E-state index contributed by atoms with van der Waals surface area (Å²) in [7, 11) is 1.59. The number of amides is 1. The van der Waals surface area contributed by atoms with Crippen molar-refractivity contribution in [3.63, 3.8) is 0 Å². The number of rotatable bonds is 6. The van der Waals surface area contributed by atoms with Gasteiger partial charge >= 0.3 is 0 Å². The molecule has 0 saturated heterocycles. The minimum atomic E-state index is -1.26. The van der Waals surface area contributed by atoms with Crippen LogP contribution in [0.3, 0.4) is 0 Å². The van der Waals surface area contributed by atoms with Crippen molar-refractivity contribution in [2.75, 3.05) is 13.7 Å². The fourth-order valence-corrected chi connectivity index (χ4v) is 2.23. The van der Waals surface area contributed by atoms with Gasteiger partial charge in [0.25, 0.3) is 0 Å². The van der Waals surface area contributed by atoms with Gasteiger partial charge in [0.2, 0.25) is 5.91 Å². The summed E-state index contributed by atoms with van der Waals surface area (Å²) >= 11 is 0. The molecule has 0 aliphatic heterocycles. The van der Waals surface area contributed by atoms with Gasteiger partial charge in [0, 0.05) is 11.6 Å². The zero-order valence-corrected chi connectivity index (χ0v) is 13.5. The van der Waals surface area contributed by atoms with Crippen molar-refractivity contribution < 1.29 is 19.1 Å². The van der Waals surface area contributed by atoms with Crippen molar-refractivity contribution in [3.8, 4) is 5.75 Å². The summed E-state index contributed by atoms with van der Waals surface area (Å²) in [5, 5.41) is 13.0. The number of hydrogen-bond donors (Lipinski definition) is 2. The van der Waals surface area contributed by atoms with Gasteiger partial charge in [-0.3, -0.25) is 4.79 Å². The molecule has 122 valence electrons. The number of aliphatic hydroxyl groups is 1. The van der Waals surface area contributed by atoms with E-state index in [0.29, 0.717) is 11.5 Å². The second-order valence-corrected chi connectivity index (χ2v) is 5.50. The molecule has 0 aliphatic carbocycles. The summed E-state index contributed by atoms with van der Waals surface area (Å²) < 4.78 is 10.5. The SMILES string of the molecule is COc1ccccc1/C(C)=C/C(=O)NCC(C)(O)c1ccco1. The van der Waals surface area contributed by atoms with Crippen LogP contribution in [0, 0.1) is 0 Å². The first-order valence-corrected chi connectivity index (χ1v) is 7.30. The molecule has 5 heteroatoms. The monoisotopic (exact) mass is 315 g/mol. The smallest absolute Gasteiger partial charge is 0.244 e. The Kier molecular flexibility index (Phi) is 5.24. The van der Waals surface area contributed by atoms with E-state index in [1.165, 1.54) is 12.3 Å². The van der Waals surface area contributed by atoms with Gasteiger partial charge in [-0.1, -0.05) is 18.2 Å². The summed E-state index contributed by atoms with van der Waals surface area (Å²) in [4.78, 5) is 12.1. The summed E-state index contributed by atoms with van der Waals surface area (Å²) in [5.74, 6) is 0.820. The normalized spacial score (nSPS) is 14.2. The Labute approximate surface area is 135 Å². The Morgan fingerprint density at radius 3 is 2.74 bits per heavy atom. The highest BCUT2D eigenvalue weighted by Crippen LogP contribution is 2.25. The van der Waals surface area contributed by atoms with Gasteiger partial charge in [-0.25, -0.2) is 0 Å². The third-order valence-corrected chi connectivity index (χ3v) is 3.54. The molecule has 1 unspecified atom stereocenters. The van der Waals surface area contributed by atoms with Crippen molar-refractivity contribution in [1.29, 1.82) is 0 Å². The molecule has 0 bridgehead atoms. The molecule has 0 fully saturated rings. The molecule has 1 atom stereocenters. The van der Waals surface area contributed by atoms with E-state index in [4.69, 9.17) is 9.15 Å². The summed E-state index contributed by atoms with van der Waals surface area (Å²) in [5.41, 5.74) is 0.367. The number of hydrogen-bond acceptors (Lipinski definition) is 4. The predicted octanol–water partition coefficient (Wildman–Crippen LogP) is 2.72. The van der Waals surface area contributed by atoms with Crippen LogP contribution in [0.5, 0.6) is 5.75 Å². The third-order valence-electron chi connectivity index (χ3n) is 3.54. The summed E-state index contributed by atoms with van der Waals surface area (Å²) in [6.07, 6.45) is 2.97. The van der Waals surface area contributed by atoms with E-state index in [1.807, 2.05) is 31.2 Å². The van der Waals surface area contributed by atoms with E-state index in [9.17, 15) is 9.90 Å². The highest BCUT2D eigenvalue weighted by atomic mass is 16.5. The zero-order valence-electron chi connectivity index (χ0n) is 13.5. The van der Waals surface area contributed by atoms with Gasteiger partial charge in [0.15, 0.2) is 0 Å². The number of benzene rings is 1. The molecule has 5 nitrogen and oxygen atoms in total. The molecule has 1 amide bonds. The fourth-order valence-electron chi connectivity index (χ4n) is 2.23. The third kappa shape index (κ3) is 4.23. The van der Waals surface area contributed by atoms with Crippen molar-refractivity contribution >= 4 is 11.5 Å². The minimum absolute atomic E-state index is 0.0506. The second-order valence-electron chi connectivity index (χ2n) is 5.50. The number of allylic oxidation sites excluding steroid dienone is 1. The van der Waals surface area contributed by atoms with Crippen LogP contribution in [0.15, 0.2) is 53.2 Å². The van der Waals surface area contributed by atoms with Crippen LogP contribution in [0.4, 0.5) is 0 Å². The summed E-state index contributed by atoms with van der Waals surface area (Å²) in [6.45, 7) is 3.47. The van der Waals surface area contributed by atoms with Gasteiger partial charge < -0.3 is 19.6 Å². The second kappa shape index (κ2) is 7.15. The predicted molar refractivity (Wildman–Crippen MR) is 87.9 cm³/mol.